The lowest BCUT2D eigenvalue weighted by atomic mass is 9.94. The summed E-state index contributed by atoms with van der Waals surface area (Å²) in [5, 5.41) is 3.09. The van der Waals surface area contributed by atoms with Crippen molar-refractivity contribution in [2.45, 2.75) is 12.3 Å². The van der Waals surface area contributed by atoms with Gasteiger partial charge in [0, 0.05) is 17.5 Å². The highest BCUT2D eigenvalue weighted by Crippen LogP contribution is 2.34. The molecule has 4 rings (SSSR count). The zero-order chi connectivity index (χ0) is 21.8. The lowest BCUT2D eigenvalue weighted by Crippen LogP contribution is -2.37. The van der Waals surface area contributed by atoms with Gasteiger partial charge in [0.25, 0.3) is 0 Å². The van der Waals surface area contributed by atoms with Crippen molar-refractivity contribution >= 4 is 16.8 Å². The summed E-state index contributed by atoms with van der Waals surface area (Å²) in [7, 11) is 1.58. The number of allylic oxidation sites excluding steroid dienone is 2. The number of hydrogen-bond acceptors (Lipinski definition) is 7. The van der Waals surface area contributed by atoms with Crippen molar-refractivity contribution in [1.82, 2.24) is 5.32 Å². The Morgan fingerprint density at radius 2 is 2.03 bits per heavy atom. The molecule has 31 heavy (non-hydrogen) atoms. The molecule has 2 aliphatic rings. The molecule has 164 valence electrons. The van der Waals surface area contributed by atoms with Crippen LogP contribution in [0.3, 0.4) is 0 Å². The zero-order valence-corrected chi connectivity index (χ0v) is 17.3. The Morgan fingerprint density at radius 1 is 1.16 bits per heavy atom. The fourth-order valence-corrected chi connectivity index (χ4v) is 3.53. The number of ether oxygens (including phenoxy) is 4. The number of hydrogen-bond donors (Lipinski definition) is 3. The number of rotatable bonds is 6. The van der Waals surface area contributed by atoms with Gasteiger partial charge in [-0.1, -0.05) is 6.07 Å². The Morgan fingerprint density at radius 3 is 2.77 bits per heavy atom. The Bertz CT molecular complexity index is 1000. The predicted molar refractivity (Wildman–Crippen MR) is 117 cm³/mol. The van der Waals surface area contributed by atoms with Gasteiger partial charge in [0.05, 0.1) is 26.9 Å². The number of nitrogens with one attached hydrogen (secondary N) is 1. The Labute approximate surface area is 180 Å². The summed E-state index contributed by atoms with van der Waals surface area (Å²) in [6, 6.07) is 10.2. The maximum absolute atomic E-state index is 14.5. The maximum atomic E-state index is 14.5. The molecule has 5 N–H and O–H groups in total. The summed E-state index contributed by atoms with van der Waals surface area (Å²) < 4.78 is 36.9. The van der Waals surface area contributed by atoms with Crippen LogP contribution in [0.15, 0.2) is 48.7 Å². The van der Waals surface area contributed by atoms with E-state index >= 15 is 0 Å². The van der Waals surface area contributed by atoms with E-state index in [1.165, 1.54) is 6.07 Å². The maximum Gasteiger partial charge on any atom is 0.161 e. The standard InChI is InChI=1S/C23H26FN3O4/c1-28-22-9-14(2-5-21(22)31-13-17-12-29-6-7-30-17)15-8-19(23(26)27-11-15)18-4-3-16(25)10-20(18)24/h2-5,8-11,17,23,27H,6-7,12-13,25-26H2,1H3/t17-,23?/m1/s1. The first-order valence-corrected chi connectivity index (χ1v) is 10.0. The second-order valence-corrected chi connectivity index (χ2v) is 7.33. The molecular weight excluding hydrogens is 401 g/mol. The molecule has 1 fully saturated rings. The Kier molecular flexibility index (Phi) is 6.41. The van der Waals surface area contributed by atoms with Gasteiger partial charge in [-0.15, -0.1) is 0 Å². The Hall–Kier alpha value is -3.07. The average molecular weight is 427 g/mol. The lowest BCUT2D eigenvalue weighted by Gasteiger charge is -2.24. The molecule has 1 unspecified atom stereocenters. The molecule has 0 radical (unpaired) electrons. The van der Waals surface area contributed by atoms with Crippen LogP contribution < -0.4 is 26.3 Å². The van der Waals surface area contributed by atoms with Crippen molar-refractivity contribution in [2.75, 3.05) is 39.3 Å². The molecule has 2 aromatic rings. The van der Waals surface area contributed by atoms with E-state index < -0.39 is 12.0 Å². The highest BCUT2D eigenvalue weighted by Gasteiger charge is 2.20. The predicted octanol–water partition coefficient (Wildman–Crippen LogP) is 2.52. The van der Waals surface area contributed by atoms with Gasteiger partial charge < -0.3 is 35.7 Å². The van der Waals surface area contributed by atoms with E-state index in [0.717, 1.165) is 11.1 Å². The van der Waals surface area contributed by atoms with Crippen LogP contribution in [-0.4, -0.2) is 45.8 Å². The molecule has 0 spiro atoms. The van der Waals surface area contributed by atoms with Gasteiger partial charge in [0.15, 0.2) is 11.5 Å². The van der Waals surface area contributed by atoms with Gasteiger partial charge >= 0.3 is 0 Å². The van der Waals surface area contributed by atoms with Crippen LogP contribution in [0.1, 0.15) is 11.1 Å². The average Bonchev–Trinajstić information content (AvgIpc) is 2.79. The van der Waals surface area contributed by atoms with Gasteiger partial charge in [-0.25, -0.2) is 4.39 Å². The van der Waals surface area contributed by atoms with Crippen LogP contribution in [0.25, 0.3) is 11.1 Å². The highest BCUT2D eigenvalue weighted by atomic mass is 19.1. The molecule has 2 atom stereocenters. The van der Waals surface area contributed by atoms with Gasteiger partial charge in [-0.05, 0) is 53.1 Å². The van der Waals surface area contributed by atoms with Crippen molar-refractivity contribution in [3.63, 3.8) is 0 Å². The van der Waals surface area contributed by atoms with Crippen LogP contribution in [-0.2, 0) is 9.47 Å². The number of dihydropyridines is 1. The first-order chi connectivity index (χ1) is 15.0. The smallest absolute Gasteiger partial charge is 0.161 e. The van der Waals surface area contributed by atoms with Crippen molar-refractivity contribution in [3.05, 3.63) is 65.6 Å². The second-order valence-electron chi connectivity index (χ2n) is 7.33. The van der Waals surface area contributed by atoms with Gasteiger partial charge in [-0.3, -0.25) is 0 Å². The number of nitrogen functional groups attached to an aromatic ring is 1. The zero-order valence-electron chi connectivity index (χ0n) is 17.3. The summed E-state index contributed by atoms with van der Waals surface area (Å²) in [5.74, 6) is 0.772. The van der Waals surface area contributed by atoms with Crippen LogP contribution in [0.4, 0.5) is 10.1 Å². The molecule has 0 aliphatic carbocycles. The monoisotopic (exact) mass is 427 g/mol. The fourth-order valence-electron chi connectivity index (χ4n) is 3.53. The third-order valence-electron chi connectivity index (χ3n) is 5.18. The van der Waals surface area contributed by atoms with Crippen molar-refractivity contribution in [2.24, 2.45) is 5.73 Å². The molecule has 7 nitrogen and oxygen atoms in total. The summed E-state index contributed by atoms with van der Waals surface area (Å²) in [6.45, 7) is 2.05. The number of benzene rings is 2. The first kappa shape index (κ1) is 21.2. The number of nitrogens with two attached hydrogens (primary N) is 2. The van der Waals surface area contributed by atoms with Crippen molar-refractivity contribution in [1.29, 1.82) is 0 Å². The number of methoxy groups -OCH3 is 1. The topological polar surface area (TPSA) is 101 Å². The summed E-state index contributed by atoms with van der Waals surface area (Å²) in [6.07, 6.45) is 3.01. The summed E-state index contributed by atoms with van der Waals surface area (Å²) in [5.41, 5.74) is 14.9. The highest BCUT2D eigenvalue weighted by molar-refractivity contribution is 5.88. The molecular formula is C23H26FN3O4. The Balaban J connectivity index is 1.56. The van der Waals surface area contributed by atoms with E-state index in [9.17, 15) is 4.39 Å². The van der Waals surface area contributed by atoms with Crippen LogP contribution in [0.5, 0.6) is 11.5 Å². The normalized spacial score (nSPS) is 21.0. The van der Waals surface area contributed by atoms with E-state index in [4.69, 9.17) is 30.4 Å². The minimum atomic E-state index is -0.538. The number of halogens is 1. The molecule has 0 bridgehead atoms. The van der Waals surface area contributed by atoms with Crippen molar-refractivity contribution < 1.29 is 23.3 Å². The third-order valence-corrected chi connectivity index (χ3v) is 5.18. The van der Waals surface area contributed by atoms with Crippen LogP contribution in [0.2, 0.25) is 0 Å². The molecule has 8 heteroatoms. The second kappa shape index (κ2) is 9.38. The fraction of sp³-hybridized carbons (Fsp3) is 0.304. The number of anilines is 1. The van der Waals surface area contributed by atoms with E-state index in [2.05, 4.69) is 5.32 Å². The first-order valence-electron chi connectivity index (χ1n) is 10.0. The van der Waals surface area contributed by atoms with Gasteiger partial charge in [0.2, 0.25) is 0 Å². The molecule has 0 saturated carbocycles. The molecule has 0 aromatic heterocycles. The van der Waals surface area contributed by atoms with E-state index in [1.807, 2.05) is 24.3 Å². The lowest BCUT2D eigenvalue weighted by molar-refractivity contribution is -0.101. The summed E-state index contributed by atoms with van der Waals surface area (Å²) >= 11 is 0. The van der Waals surface area contributed by atoms with E-state index in [0.29, 0.717) is 54.8 Å². The van der Waals surface area contributed by atoms with Gasteiger partial charge in [-0.2, -0.15) is 0 Å². The third kappa shape index (κ3) is 4.82. The molecule has 0 amide bonds. The van der Waals surface area contributed by atoms with E-state index in [-0.39, 0.29) is 6.10 Å². The van der Waals surface area contributed by atoms with Crippen LogP contribution >= 0.6 is 0 Å². The van der Waals surface area contributed by atoms with Crippen LogP contribution in [0, 0.1) is 5.82 Å². The minimum absolute atomic E-state index is 0.106. The van der Waals surface area contributed by atoms with Gasteiger partial charge in [0.1, 0.15) is 24.7 Å². The quantitative estimate of drug-likeness (QED) is 0.609. The van der Waals surface area contributed by atoms with E-state index in [1.54, 1.807) is 25.4 Å². The van der Waals surface area contributed by atoms with Crippen molar-refractivity contribution in [3.8, 4) is 11.5 Å². The molecule has 1 saturated heterocycles. The summed E-state index contributed by atoms with van der Waals surface area (Å²) in [4.78, 5) is 0. The minimum Gasteiger partial charge on any atom is -0.493 e. The molecule has 2 aliphatic heterocycles. The molecule has 2 heterocycles. The molecule has 2 aromatic carbocycles. The largest absolute Gasteiger partial charge is 0.493 e. The SMILES string of the molecule is COc1cc(C2=CNC(N)C(c3ccc(N)cc3F)=C2)ccc1OC[C@H]1COCCO1.